The molecule has 0 aliphatic heterocycles. The predicted octanol–water partition coefficient (Wildman–Crippen LogP) is 1.90. The zero-order valence-corrected chi connectivity index (χ0v) is 11.6. The topological polar surface area (TPSA) is 104 Å². The van der Waals surface area contributed by atoms with Crippen LogP contribution in [-0.2, 0) is 9.59 Å². The first-order valence-corrected chi connectivity index (χ1v) is 6.35. The minimum absolute atomic E-state index is 0.182. The van der Waals surface area contributed by atoms with Crippen LogP contribution in [0.25, 0.3) is 0 Å². The fourth-order valence-corrected chi connectivity index (χ4v) is 1.64. The summed E-state index contributed by atoms with van der Waals surface area (Å²) >= 11 is 0. The Hall–Kier alpha value is -2.68. The monoisotopic (exact) mass is 289 g/mol. The number of hydrogen-bond acceptors (Lipinski definition) is 5. The van der Waals surface area contributed by atoms with Crippen molar-refractivity contribution in [2.75, 3.05) is 6.61 Å². The third-order valence-electron chi connectivity index (χ3n) is 2.69. The van der Waals surface area contributed by atoms with E-state index in [-0.39, 0.29) is 12.2 Å². The zero-order valence-electron chi connectivity index (χ0n) is 11.6. The van der Waals surface area contributed by atoms with Gasteiger partial charge in [-0.05, 0) is 25.5 Å². The number of aryl methyl sites for hydroxylation is 1. The molecule has 0 bridgehead atoms. The van der Waals surface area contributed by atoms with Crippen molar-refractivity contribution in [3.8, 4) is 11.8 Å². The summed E-state index contributed by atoms with van der Waals surface area (Å²) in [4.78, 5) is 33.6. The van der Waals surface area contributed by atoms with E-state index in [1.165, 1.54) is 0 Å². The number of unbranched alkanes of at least 4 members (excludes halogenated alkanes) is 1. The summed E-state index contributed by atoms with van der Waals surface area (Å²) in [5.74, 6) is -3.09. The number of benzene rings is 1. The molecule has 0 aliphatic rings. The number of carbonyl (C=O) groups is 3. The number of nitriles is 1. The fourth-order valence-electron chi connectivity index (χ4n) is 1.64. The number of nitrogens with zero attached hydrogens (tertiary/aromatic N) is 1. The molecule has 0 saturated heterocycles. The molecular weight excluding hydrogens is 274 g/mol. The highest BCUT2D eigenvalue weighted by molar-refractivity contribution is 6.37. The molecule has 1 aromatic rings. The van der Waals surface area contributed by atoms with Gasteiger partial charge in [0.1, 0.15) is 5.75 Å². The molecule has 0 amide bonds. The molecule has 0 aliphatic carbocycles. The molecule has 6 heteroatoms. The largest absolute Gasteiger partial charge is 0.493 e. The lowest BCUT2D eigenvalue weighted by Crippen LogP contribution is -2.18. The number of rotatable bonds is 8. The maximum atomic E-state index is 12.0. The molecule has 1 aromatic carbocycles. The quantitative estimate of drug-likeness (QED) is 0.339. The van der Waals surface area contributed by atoms with Crippen molar-refractivity contribution >= 4 is 17.5 Å². The van der Waals surface area contributed by atoms with E-state index < -0.39 is 24.0 Å². The van der Waals surface area contributed by atoms with Crippen LogP contribution in [0.1, 0.15) is 35.2 Å². The van der Waals surface area contributed by atoms with Gasteiger partial charge in [-0.1, -0.05) is 11.6 Å². The Labute approximate surface area is 122 Å². The van der Waals surface area contributed by atoms with Gasteiger partial charge < -0.3 is 9.84 Å². The van der Waals surface area contributed by atoms with Crippen LogP contribution in [0.15, 0.2) is 18.2 Å². The first-order valence-electron chi connectivity index (χ1n) is 6.35. The van der Waals surface area contributed by atoms with Gasteiger partial charge in [-0.3, -0.25) is 9.59 Å². The lowest BCUT2D eigenvalue weighted by atomic mass is 10.0. The molecule has 1 N–H and O–H groups in total. The predicted molar refractivity (Wildman–Crippen MR) is 73.1 cm³/mol. The molecule has 0 atom stereocenters. The summed E-state index contributed by atoms with van der Waals surface area (Å²) in [6, 6.07) is 6.88. The third kappa shape index (κ3) is 5.07. The molecular formula is C15H15NO5. The minimum Gasteiger partial charge on any atom is -0.493 e. The van der Waals surface area contributed by atoms with Crippen LogP contribution in [0.5, 0.6) is 5.75 Å². The summed E-state index contributed by atoms with van der Waals surface area (Å²) in [6.45, 7) is 2.04. The van der Waals surface area contributed by atoms with Crippen molar-refractivity contribution in [3.63, 3.8) is 0 Å². The molecule has 110 valence electrons. The standard InChI is InChI=1S/C15H15NO5/c1-10-4-5-14(21-7-3-2-6-16)11(8-10)12(17)9-13(18)15(19)20/h4-5,8H,2-3,7,9H2,1H3,(H,19,20). The number of hydrogen-bond donors (Lipinski definition) is 1. The average molecular weight is 289 g/mol. The number of ether oxygens (including phenoxy) is 1. The van der Waals surface area contributed by atoms with Gasteiger partial charge >= 0.3 is 5.97 Å². The number of ketones is 2. The molecule has 21 heavy (non-hydrogen) atoms. The molecule has 6 nitrogen and oxygen atoms in total. The van der Waals surface area contributed by atoms with Crippen LogP contribution in [0, 0.1) is 18.3 Å². The molecule has 1 rings (SSSR count). The molecule has 0 radical (unpaired) electrons. The molecule has 0 fully saturated rings. The fraction of sp³-hybridized carbons (Fsp3) is 0.333. The highest BCUT2D eigenvalue weighted by Gasteiger charge is 2.20. The first-order chi connectivity index (χ1) is 9.95. The van der Waals surface area contributed by atoms with Gasteiger partial charge in [0.15, 0.2) is 5.78 Å². The van der Waals surface area contributed by atoms with E-state index in [1.807, 2.05) is 6.07 Å². The number of Topliss-reactive ketones (excluding diaryl/α,β-unsaturated/α-hetero) is 2. The Balaban J connectivity index is 2.86. The van der Waals surface area contributed by atoms with Crippen molar-refractivity contribution in [2.45, 2.75) is 26.2 Å². The number of aliphatic carboxylic acids is 1. The van der Waals surface area contributed by atoms with Crippen molar-refractivity contribution in [3.05, 3.63) is 29.3 Å². The number of carboxylic acids is 1. The van der Waals surface area contributed by atoms with E-state index in [0.29, 0.717) is 18.6 Å². The Morgan fingerprint density at radius 2 is 2.05 bits per heavy atom. The van der Waals surface area contributed by atoms with Crippen molar-refractivity contribution in [1.82, 2.24) is 0 Å². The maximum absolute atomic E-state index is 12.0. The average Bonchev–Trinajstić information content (AvgIpc) is 2.44. The SMILES string of the molecule is Cc1ccc(OCCCC#N)c(C(=O)CC(=O)C(=O)O)c1. The Bertz CT molecular complexity index is 601. The van der Waals surface area contributed by atoms with Gasteiger partial charge in [0.05, 0.1) is 24.7 Å². The number of carboxylic acid groups (broad SMARTS) is 1. The second-order valence-electron chi connectivity index (χ2n) is 4.44. The molecule has 0 saturated carbocycles. The van der Waals surface area contributed by atoms with Crippen LogP contribution in [0.3, 0.4) is 0 Å². The second-order valence-corrected chi connectivity index (χ2v) is 4.44. The van der Waals surface area contributed by atoms with Gasteiger partial charge in [0.25, 0.3) is 0 Å². The third-order valence-corrected chi connectivity index (χ3v) is 2.69. The van der Waals surface area contributed by atoms with Crippen LogP contribution in [0.2, 0.25) is 0 Å². The molecule has 0 unspecified atom stereocenters. The van der Waals surface area contributed by atoms with E-state index in [9.17, 15) is 14.4 Å². The van der Waals surface area contributed by atoms with Gasteiger partial charge in [0, 0.05) is 6.42 Å². The van der Waals surface area contributed by atoms with Gasteiger partial charge in [-0.2, -0.15) is 5.26 Å². The second kappa shape index (κ2) is 7.80. The molecule has 0 heterocycles. The van der Waals surface area contributed by atoms with Crippen LogP contribution < -0.4 is 4.74 Å². The summed E-state index contributed by atoms with van der Waals surface area (Å²) in [5.41, 5.74) is 0.979. The van der Waals surface area contributed by atoms with Crippen LogP contribution >= 0.6 is 0 Å². The van der Waals surface area contributed by atoms with Gasteiger partial charge in [-0.15, -0.1) is 0 Å². The van der Waals surface area contributed by atoms with Crippen LogP contribution in [0.4, 0.5) is 0 Å². The van der Waals surface area contributed by atoms with Gasteiger partial charge in [-0.25, -0.2) is 4.79 Å². The van der Waals surface area contributed by atoms with Crippen LogP contribution in [-0.4, -0.2) is 29.2 Å². The van der Waals surface area contributed by atoms with E-state index >= 15 is 0 Å². The lowest BCUT2D eigenvalue weighted by Gasteiger charge is -2.10. The van der Waals surface area contributed by atoms with Crippen molar-refractivity contribution in [1.29, 1.82) is 5.26 Å². The smallest absolute Gasteiger partial charge is 0.372 e. The van der Waals surface area contributed by atoms with E-state index in [1.54, 1.807) is 25.1 Å². The summed E-state index contributed by atoms with van der Waals surface area (Å²) < 4.78 is 5.43. The summed E-state index contributed by atoms with van der Waals surface area (Å²) in [6.07, 6.45) is 0.159. The number of carbonyl (C=O) groups excluding carboxylic acids is 2. The Morgan fingerprint density at radius 3 is 2.67 bits per heavy atom. The van der Waals surface area contributed by atoms with Crippen molar-refractivity contribution in [2.24, 2.45) is 0 Å². The van der Waals surface area contributed by atoms with E-state index in [2.05, 4.69) is 0 Å². The maximum Gasteiger partial charge on any atom is 0.372 e. The Morgan fingerprint density at radius 1 is 1.33 bits per heavy atom. The highest BCUT2D eigenvalue weighted by atomic mass is 16.5. The molecule has 0 aromatic heterocycles. The minimum atomic E-state index is -1.63. The first kappa shape index (κ1) is 16.4. The normalized spacial score (nSPS) is 9.71. The summed E-state index contributed by atoms with van der Waals surface area (Å²) in [5, 5.41) is 17.0. The Kier molecular flexibility index (Phi) is 6.08. The van der Waals surface area contributed by atoms with Gasteiger partial charge in [0.2, 0.25) is 5.78 Å². The highest BCUT2D eigenvalue weighted by Crippen LogP contribution is 2.22. The van der Waals surface area contributed by atoms with E-state index in [0.717, 1.165) is 5.56 Å². The lowest BCUT2D eigenvalue weighted by molar-refractivity contribution is -0.148. The summed E-state index contributed by atoms with van der Waals surface area (Å²) in [7, 11) is 0. The van der Waals surface area contributed by atoms with E-state index in [4.69, 9.17) is 15.1 Å². The molecule has 0 spiro atoms. The zero-order chi connectivity index (χ0) is 15.8. The van der Waals surface area contributed by atoms with Crippen molar-refractivity contribution < 1.29 is 24.2 Å².